The van der Waals surface area contributed by atoms with E-state index in [9.17, 15) is 4.79 Å². The maximum Gasteiger partial charge on any atom is 0.224 e. The number of carbonyl (C=O) groups excluding carboxylic acids is 1. The zero-order valence-corrected chi connectivity index (χ0v) is 9.45. The number of fused-ring (bicyclic) bond motifs is 1. The van der Waals surface area contributed by atoms with E-state index in [0.29, 0.717) is 19.4 Å². The van der Waals surface area contributed by atoms with E-state index in [1.807, 2.05) is 18.2 Å². The van der Waals surface area contributed by atoms with Crippen LogP contribution in [0, 0.1) is 5.41 Å². The van der Waals surface area contributed by atoms with Crippen molar-refractivity contribution in [2.24, 2.45) is 5.73 Å². The summed E-state index contributed by atoms with van der Waals surface area (Å²) in [6, 6.07) is 5.58. The van der Waals surface area contributed by atoms with E-state index in [1.54, 1.807) is 0 Å². The topological polar surface area (TPSA) is 88.2 Å². The molecule has 0 spiro atoms. The van der Waals surface area contributed by atoms with E-state index in [0.717, 1.165) is 23.4 Å². The molecule has 0 unspecified atom stereocenters. The number of nitrogens with one attached hydrogen (secondary N) is 2. The van der Waals surface area contributed by atoms with E-state index < -0.39 is 0 Å². The second kappa shape index (κ2) is 4.86. The molecule has 90 valence electrons. The first-order valence-electron chi connectivity index (χ1n) is 5.53. The maximum absolute atomic E-state index is 11.2. The highest BCUT2D eigenvalue weighted by atomic mass is 16.5. The number of amidine groups is 1. The molecule has 0 radical (unpaired) electrons. The molecular formula is C12H15N3O2. The van der Waals surface area contributed by atoms with Crippen molar-refractivity contribution in [3.05, 3.63) is 23.8 Å². The van der Waals surface area contributed by atoms with Gasteiger partial charge in [-0.25, -0.2) is 0 Å². The Bertz CT molecular complexity index is 457. The molecule has 0 aliphatic carbocycles. The lowest BCUT2D eigenvalue weighted by Gasteiger charge is -2.17. The molecule has 1 aromatic carbocycles. The molecule has 1 aliphatic heterocycles. The number of amides is 1. The van der Waals surface area contributed by atoms with Crippen molar-refractivity contribution in [2.45, 2.75) is 19.3 Å². The largest absolute Gasteiger partial charge is 0.493 e. The number of anilines is 1. The molecule has 1 heterocycles. The summed E-state index contributed by atoms with van der Waals surface area (Å²) in [5.74, 6) is 0.930. The van der Waals surface area contributed by atoms with Crippen LogP contribution in [-0.4, -0.2) is 18.3 Å². The Kier molecular flexibility index (Phi) is 3.27. The lowest BCUT2D eigenvalue weighted by Crippen LogP contribution is -2.19. The number of rotatable bonds is 4. The molecule has 5 heteroatoms. The Morgan fingerprint density at radius 1 is 1.47 bits per heavy atom. The summed E-state index contributed by atoms with van der Waals surface area (Å²) in [4.78, 5) is 11.2. The van der Waals surface area contributed by atoms with Gasteiger partial charge in [-0.3, -0.25) is 10.2 Å². The Labute approximate surface area is 99.5 Å². The van der Waals surface area contributed by atoms with Crippen LogP contribution in [0.4, 0.5) is 5.69 Å². The van der Waals surface area contributed by atoms with Crippen LogP contribution >= 0.6 is 0 Å². The summed E-state index contributed by atoms with van der Waals surface area (Å²) in [6.45, 7) is 0.403. The number of aryl methyl sites for hydroxylation is 1. The van der Waals surface area contributed by atoms with E-state index in [4.69, 9.17) is 15.9 Å². The molecule has 0 bridgehead atoms. The fourth-order valence-corrected chi connectivity index (χ4v) is 1.73. The van der Waals surface area contributed by atoms with Crippen LogP contribution < -0.4 is 15.8 Å². The SMILES string of the molecule is N=C(N)CCOc1ccc2c(c1)CCC(=O)N2. The molecule has 0 fully saturated rings. The Morgan fingerprint density at radius 3 is 3.06 bits per heavy atom. The van der Waals surface area contributed by atoms with Crippen LogP contribution in [0.1, 0.15) is 18.4 Å². The minimum Gasteiger partial charge on any atom is -0.493 e. The third kappa shape index (κ3) is 2.96. The summed E-state index contributed by atoms with van der Waals surface area (Å²) in [5, 5.41) is 9.90. The van der Waals surface area contributed by atoms with Gasteiger partial charge in [-0.1, -0.05) is 0 Å². The molecule has 0 aromatic heterocycles. The second-order valence-corrected chi connectivity index (χ2v) is 3.99. The molecule has 2 rings (SSSR count). The number of carbonyl (C=O) groups is 1. The van der Waals surface area contributed by atoms with Gasteiger partial charge in [0.15, 0.2) is 0 Å². The predicted molar refractivity (Wildman–Crippen MR) is 65.4 cm³/mol. The number of hydrogen-bond donors (Lipinski definition) is 3. The van der Waals surface area contributed by atoms with Crippen molar-refractivity contribution in [3.8, 4) is 5.75 Å². The molecule has 1 aliphatic rings. The summed E-state index contributed by atoms with van der Waals surface area (Å²) in [5.41, 5.74) is 7.19. The van der Waals surface area contributed by atoms with Gasteiger partial charge in [0, 0.05) is 18.5 Å². The van der Waals surface area contributed by atoms with Crippen molar-refractivity contribution in [3.63, 3.8) is 0 Å². The minimum atomic E-state index is 0.0581. The summed E-state index contributed by atoms with van der Waals surface area (Å²) < 4.78 is 5.48. The molecule has 4 N–H and O–H groups in total. The smallest absolute Gasteiger partial charge is 0.224 e. The van der Waals surface area contributed by atoms with Crippen LogP contribution in [-0.2, 0) is 11.2 Å². The number of nitrogens with two attached hydrogens (primary N) is 1. The van der Waals surface area contributed by atoms with E-state index in [1.165, 1.54) is 0 Å². The lowest BCUT2D eigenvalue weighted by atomic mass is 10.0. The molecule has 5 nitrogen and oxygen atoms in total. The summed E-state index contributed by atoms with van der Waals surface area (Å²) >= 11 is 0. The molecule has 17 heavy (non-hydrogen) atoms. The average Bonchev–Trinajstić information content (AvgIpc) is 2.29. The van der Waals surface area contributed by atoms with Gasteiger partial charge < -0.3 is 15.8 Å². The predicted octanol–water partition coefficient (Wildman–Crippen LogP) is 1.28. The second-order valence-electron chi connectivity index (χ2n) is 3.99. The van der Waals surface area contributed by atoms with Crippen molar-refractivity contribution in [2.75, 3.05) is 11.9 Å². The van der Waals surface area contributed by atoms with Gasteiger partial charge in [-0.2, -0.15) is 0 Å². The van der Waals surface area contributed by atoms with Gasteiger partial charge in [-0.05, 0) is 30.2 Å². The molecule has 1 amide bonds. The van der Waals surface area contributed by atoms with E-state index in [-0.39, 0.29) is 11.7 Å². The highest BCUT2D eigenvalue weighted by molar-refractivity contribution is 5.94. The van der Waals surface area contributed by atoms with Gasteiger partial charge in [0.25, 0.3) is 0 Å². The average molecular weight is 233 g/mol. The van der Waals surface area contributed by atoms with Crippen LogP contribution in [0.15, 0.2) is 18.2 Å². The van der Waals surface area contributed by atoms with Crippen LogP contribution in [0.2, 0.25) is 0 Å². The molecule has 1 aromatic rings. The van der Waals surface area contributed by atoms with Crippen molar-refractivity contribution < 1.29 is 9.53 Å². The lowest BCUT2D eigenvalue weighted by molar-refractivity contribution is -0.116. The van der Waals surface area contributed by atoms with Crippen LogP contribution in [0.25, 0.3) is 0 Å². The van der Waals surface area contributed by atoms with Crippen molar-refractivity contribution in [1.29, 1.82) is 5.41 Å². The maximum atomic E-state index is 11.2. The highest BCUT2D eigenvalue weighted by Crippen LogP contribution is 2.26. The Hall–Kier alpha value is -2.04. The van der Waals surface area contributed by atoms with Crippen molar-refractivity contribution in [1.82, 2.24) is 0 Å². The molecule has 0 saturated carbocycles. The first-order chi connectivity index (χ1) is 8.15. The van der Waals surface area contributed by atoms with E-state index >= 15 is 0 Å². The normalized spacial score (nSPS) is 13.8. The summed E-state index contributed by atoms with van der Waals surface area (Å²) in [6.07, 6.45) is 1.68. The fourth-order valence-electron chi connectivity index (χ4n) is 1.73. The molecular weight excluding hydrogens is 218 g/mol. The van der Waals surface area contributed by atoms with Crippen LogP contribution in [0.5, 0.6) is 5.75 Å². The van der Waals surface area contributed by atoms with Gasteiger partial charge >= 0.3 is 0 Å². The first-order valence-corrected chi connectivity index (χ1v) is 5.53. The highest BCUT2D eigenvalue weighted by Gasteiger charge is 2.14. The fraction of sp³-hybridized carbons (Fsp3) is 0.333. The summed E-state index contributed by atoms with van der Waals surface area (Å²) in [7, 11) is 0. The third-order valence-corrected chi connectivity index (χ3v) is 2.61. The number of ether oxygens (including phenoxy) is 1. The van der Waals surface area contributed by atoms with Crippen molar-refractivity contribution >= 4 is 17.4 Å². The van der Waals surface area contributed by atoms with Gasteiger partial charge in [-0.15, -0.1) is 0 Å². The van der Waals surface area contributed by atoms with Crippen LogP contribution in [0.3, 0.4) is 0 Å². The standard InChI is InChI=1S/C12H15N3O2/c13-11(14)5-6-17-9-2-3-10-8(7-9)1-4-12(16)15-10/h2-3,7H,1,4-6H2,(H3,13,14)(H,15,16). The number of hydrogen-bond acceptors (Lipinski definition) is 3. The van der Waals surface area contributed by atoms with E-state index in [2.05, 4.69) is 5.32 Å². The van der Waals surface area contributed by atoms with Gasteiger partial charge in [0.05, 0.1) is 12.4 Å². The monoisotopic (exact) mass is 233 g/mol. The first kappa shape index (κ1) is 11.4. The zero-order chi connectivity index (χ0) is 12.3. The third-order valence-electron chi connectivity index (χ3n) is 2.61. The molecule has 0 saturated heterocycles. The van der Waals surface area contributed by atoms with Gasteiger partial charge in [0.2, 0.25) is 5.91 Å². The Morgan fingerprint density at radius 2 is 2.29 bits per heavy atom. The van der Waals surface area contributed by atoms with Gasteiger partial charge in [0.1, 0.15) is 5.75 Å². The quantitative estimate of drug-likeness (QED) is 0.540. The zero-order valence-electron chi connectivity index (χ0n) is 9.45. The Balaban J connectivity index is 2.01. The number of benzene rings is 1. The minimum absolute atomic E-state index is 0.0581. The molecule has 0 atom stereocenters.